The number of nitrogens with one attached hydrogen (secondary N) is 3. The van der Waals surface area contributed by atoms with Gasteiger partial charge in [0.2, 0.25) is 5.91 Å². The molecule has 140 valence electrons. The fourth-order valence-corrected chi connectivity index (χ4v) is 2.77. The Bertz CT molecular complexity index is 977. The molecule has 3 aromatic rings. The minimum Gasteiger partial charge on any atom is -0.497 e. The van der Waals surface area contributed by atoms with Crippen molar-refractivity contribution in [1.82, 2.24) is 4.98 Å². The highest BCUT2D eigenvalue weighted by Crippen LogP contribution is 2.32. The fraction of sp³-hybridized carbons (Fsp3) is 0.200. The number of esters is 1. The first kappa shape index (κ1) is 18.3. The number of aromatic nitrogens is 1. The molecule has 0 radical (unpaired) electrons. The van der Waals surface area contributed by atoms with Gasteiger partial charge in [-0.3, -0.25) is 4.79 Å². The Hall–Kier alpha value is -3.48. The molecule has 0 fully saturated rings. The van der Waals surface area contributed by atoms with Crippen LogP contribution in [0.4, 0.5) is 17.1 Å². The Morgan fingerprint density at radius 3 is 2.44 bits per heavy atom. The summed E-state index contributed by atoms with van der Waals surface area (Å²) in [6.07, 6.45) is 0. The molecule has 27 heavy (non-hydrogen) atoms. The van der Waals surface area contributed by atoms with Crippen molar-refractivity contribution >= 4 is 39.8 Å². The molecule has 0 aliphatic rings. The molecule has 3 N–H and O–H groups in total. The predicted octanol–water partition coefficient (Wildman–Crippen LogP) is 4.06. The average Bonchev–Trinajstić information content (AvgIpc) is 3.06. The van der Waals surface area contributed by atoms with Crippen molar-refractivity contribution in [2.45, 2.75) is 13.8 Å². The van der Waals surface area contributed by atoms with Crippen molar-refractivity contribution in [1.29, 1.82) is 0 Å². The number of rotatable bonds is 6. The molecule has 7 nitrogen and oxygen atoms in total. The summed E-state index contributed by atoms with van der Waals surface area (Å²) < 4.78 is 10.2. The summed E-state index contributed by atoms with van der Waals surface area (Å²) in [5, 5.41) is 6.90. The van der Waals surface area contributed by atoms with Gasteiger partial charge in [-0.2, -0.15) is 0 Å². The van der Waals surface area contributed by atoms with Crippen molar-refractivity contribution in [3.05, 3.63) is 48.2 Å². The lowest BCUT2D eigenvalue weighted by molar-refractivity contribution is -0.114. The van der Waals surface area contributed by atoms with Gasteiger partial charge < -0.3 is 25.1 Å². The summed E-state index contributed by atoms with van der Waals surface area (Å²) in [6, 6.07) is 12.8. The van der Waals surface area contributed by atoms with Crippen LogP contribution in [0.2, 0.25) is 0 Å². The van der Waals surface area contributed by atoms with Gasteiger partial charge in [0.05, 0.1) is 24.9 Å². The number of hydrogen-bond donors (Lipinski definition) is 3. The summed E-state index contributed by atoms with van der Waals surface area (Å²) in [5.74, 6) is 0.149. The van der Waals surface area contributed by atoms with E-state index in [0.29, 0.717) is 23.5 Å². The number of methoxy groups -OCH3 is 1. The van der Waals surface area contributed by atoms with E-state index in [2.05, 4.69) is 15.6 Å². The Labute approximate surface area is 156 Å². The molecule has 0 unspecified atom stereocenters. The Balaban J connectivity index is 2.03. The lowest BCUT2D eigenvalue weighted by Crippen LogP contribution is -2.06. The number of ether oxygens (including phenoxy) is 2. The average molecular weight is 367 g/mol. The third-order valence-corrected chi connectivity index (χ3v) is 3.92. The van der Waals surface area contributed by atoms with Crippen LogP contribution in [0.15, 0.2) is 42.5 Å². The van der Waals surface area contributed by atoms with Crippen LogP contribution < -0.4 is 15.4 Å². The molecule has 0 aliphatic heterocycles. The highest BCUT2D eigenvalue weighted by molar-refractivity contribution is 6.03. The Morgan fingerprint density at radius 2 is 1.81 bits per heavy atom. The van der Waals surface area contributed by atoms with Gasteiger partial charge in [-0.25, -0.2) is 4.79 Å². The molecule has 1 aromatic heterocycles. The molecule has 0 spiro atoms. The number of hydrogen-bond acceptors (Lipinski definition) is 5. The highest BCUT2D eigenvalue weighted by Gasteiger charge is 2.14. The fourth-order valence-electron chi connectivity index (χ4n) is 2.77. The molecule has 0 saturated carbocycles. The van der Waals surface area contributed by atoms with Gasteiger partial charge in [0.25, 0.3) is 0 Å². The lowest BCUT2D eigenvalue weighted by atomic mass is 10.1. The van der Waals surface area contributed by atoms with Gasteiger partial charge in [-0.1, -0.05) is 0 Å². The van der Waals surface area contributed by atoms with E-state index < -0.39 is 5.97 Å². The van der Waals surface area contributed by atoms with Crippen molar-refractivity contribution in [2.24, 2.45) is 0 Å². The first-order valence-corrected chi connectivity index (χ1v) is 8.52. The Morgan fingerprint density at radius 1 is 1.07 bits per heavy atom. The Kier molecular flexibility index (Phi) is 5.30. The van der Waals surface area contributed by atoms with Crippen LogP contribution >= 0.6 is 0 Å². The second-order valence-electron chi connectivity index (χ2n) is 5.92. The van der Waals surface area contributed by atoms with Crippen molar-refractivity contribution in [3.63, 3.8) is 0 Å². The van der Waals surface area contributed by atoms with Gasteiger partial charge in [0, 0.05) is 23.7 Å². The quantitative estimate of drug-likeness (QED) is 0.572. The number of anilines is 3. The molecule has 2 aromatic carbocycles. The second-order valence-corrected chi connectivity index (χ2v) is 5.92. The van der Waals surface area contributed by atoms with E-state index in [-0.39, 0.29) is 5.91 Å². The molecule has 0 bridgehead atoms. The number of amides is 1. The monoisotopic (exact) mass is 367 g/mol. The van der Waals surface area contributed by atoms with E-state index >= 15 is 0 Å². The largest absolute Gasteiger partial charge is 0.497 e. The first-order valence-electron chi connectivity index (χ1n) is 8.52. The normalized spacial score (nSPS) is 10.5. The number of benzene rings is 2. The van der Waals surface area contributed by atoms with Gasteiger partial charge in [0.1, 0.15) is 11.4 Å². The SMILES string of the molecule is CCOC(=O)c1cc2c(Nc3ccc(OC)cc3)cc(NC(C)=O)cc2[nH]1. The number of H-pyrrole nitrogens is 1. The summed E-state index contributed by atoms with van der Waals surface area (Å²) in [4.78, 5) is 26.6. The van der Waals surface area contributed by atoms with Crippen molar-refractivity contribution in [2.75, 3.05) is 24.4 Å². The van der Waals surface area contributed by atoms with Crippen LogP contribution in [0.1, 0.15) is 24.3 Å². The van der Waals surface area contributed by atoms with Crippen LogP contribution in [0.3, 0.4) is 0 Å². The van der Waals surface area contributed by atoms with E-state index in [1.54, 1.807) is 26.2 Å². The summed E-state index contributed by atoms with van der Waals surface area (Å²) in [6.45, 7) is 3.49. The molecule has 0 atom stereocenters. The first-order chi connectivity index (χ1) is 13.0. The maximum atomic E-state index is 12.1. The third-order valence-electron chi connectivity index (χ3n) is 3.92. The summed E-state index contributed by atoms with van der Waals surface area (Å²) in [7, 11) is 1.61. The zero-order valence-electron chi connectivity index (χ0n) is 15.4. The molecule has 0 saturated heterocycles. The van der Waals surface area contributed by atoms with Crippen LogP contribution in [0, 0.1) is 0 Å². The number of fused-ring (bicyclic) bond motifs is 1. The molecular formula is C20H21N3O4. The van der Waals surface area contributed by atoms with E-state index in [9.17, 15) is 9.59 Å². The van der Waals surface area contributed by atoms with Gasteiger partial charge in [-0.05, 0) is 49.4 Å². The smallest absolute Gasteiger partial charge is 0.354 e. The van der Waals surface area contributed by atoms with E-state index in [1.807, 2.05) is 30.3 Å². The zero-order valence-corrected chi connectivity index (χ0v) is 15.4. The zero-order chi connectivity index (χ0) is 19.4. The topological polar surface area (TPSA) is 92.4 Å². The van der Waals surface area contributed by atoms with E-state index in [4.69, 9.17) is 9.47 Å². The minimum atomic E-state index is -0.426. The van der Waals surface area contributed by atoms with Crippen LogP contribution in [-0.4, -0.2) is 30.6 Å². The number of carbonyl (C=O) groups is 2. The van der Waals surface area contributed by atoms with Crippen LogP contribution in [0.25, 0.3) is 10.9 Å². The van der Waals surface area contributed by atoms with Gasteiger partial charge in [-0.15, -0.1) is 0 Å². The van der Waals surface area contributed by atoms with Crippen molar-refractivity contribution in [3.8, 4) is 5.75 Å². The van der Waals surface area contributed by atoms with E-state index in [0.717, 1.165) is 22.5 Å². The molecule has 1 amide bonds. The summed E-state index contributed by atoms with van der Waals surface area (Å²) in [5.41, 5.74) is 3.26. The third kappa shape index (κ3) is 4.20. The maximum absolute atomic E-state index is 12.1. The van der Waals surface area contributed by atoms with E-state index in [1.165, 1.54) is 6.92 Å². The summed E-state index contributed by atoms with van der Waals surface area (Å²) >= 11 is 0. The van der Waals surface area contributed by atoms with Gasteiger partial charge in [0.15, 0.2) is 0 Å². The molecular weight excluding hydrogens is 346 g/mol. The standard InChI is InChI=1S/C20H21N3O4/c1-4-27-20(25)19-11-16-17(22-13-5-7-15(26-3)8-6-13)9-14(21-12(2)24)10-18(16)23-19/h5-11,22-23H,4H2,1-3H3,(H,21,24). The highest BCUT2D eigenvalue weighted by atomic mass is 16.5. The minimum absolute atomic E-state index is 0.179. The molecule has 1 heterocycles. The lowest BCUT2D eigenvalue weighted by Gasteiger charge is -2.11. The van der Waals surface area contributed by atoms with Crippen LogP contribution in [-0.2, 0) is 9.53 Å². The predicted molar refractivity (Wildman–Crippen MR) is 105 cm³/mol. The van der Waals surface area contributed by atoms with Crippen molar-refractivity contribution < 1.29 is 19.1 Å². The molecule has 3 rings (SSSR count). The second kappa shape index (κ2) is 7.82. The molecule has 7 heteroatoms. The number of aromatic amines is 1. The molecule has 0 aliphatic carbocycles. The number of carbonyl (C=O) groups excluding carboxylic acids is 2. The van der Waals surface area contributed by atoms with Crippen LogP contribution in [0.5, 0.6) is 5.75 Å². The van der Waals surface area contributed by atoms with Gasteiger partial charge >= 0.3 is 5.97 Å². The maximum Gasteiger partial charge on any atom is 0.354 e.